The highest BCUT2D eigenvalue weighted by Crippen LogP contribution is 2.27. The SMILES string of the molecule is CNC(=O)NC(=O)CSc1nnc(N2CCC(C)CC2)n1Cc1ccco1. The largest absolute Gasteiger partial charge is 0.467 e. The summed E-state index contributed by atoms with van der Waals surface area (Å²) in [6.45, 7) is 4.61. The Morgan fingerprint density at radius 2 is 2.11 bits per heavy atom. The van der Waals surface area contributed by atoms with Gasteiger partial charge in [-0.1, -0.05) is 18.7 Å². The molecule has 146 valence electrons. The molecule has 3 amide bonds. The van der Waals surface area contributed by atoms with Gasteiger partial charge in [0.15, 0.2) is 5.16 Å². The number of thioether (sulfide) groups is 1. The van der Waals surface area contributed by atoms with Gasteiger partial charge in [-0.3, -0.25) is 14.7 Å². The molecule has 3 heterocycles. The van der Waals surface area contributed by atoms with E-state index < -0.39 is 6.03 Å². The summed E-state index contributed by atoms with van der Waals surface area (Å²) < 4.78 is 7.44. The highest BCUT2D eigenvalue weighted by molar-refractivity contribution is 7.99. The molecule has 1 aliphatic heterocycles. The monoisotopic (exact) mass is 392 g/mol. The van der Waals surface area contributed by atoms with Crippen molar-refractivity contribution in [1.29, 1.82) is 0 Å². The van der Waals surface area contributed by atoms with Crippen molar-refractivity contribution in [3.63, 3.8) is 0 Å². The molecule has 1 saturated heterocycles. The maximum Gasteiger partial charge on any atom is 0.321 e. The second-order valence-electron chi connectivity index (χ2n) is 6.53. The minimum Gasteiger partial charge on any atom is -0.467 e. The molecule has 0 saturated carbocycles. The Bertz CT molecular complexity index is 768. The third-order valence-corrected chi connectivity index (χ3v) is 5.44. The first-order valence-electron chi connectivity index (χ1n) is 8.91. The number of piperidine rings is 1. The molecule has 2 aromatic heterocycles. The molecule has 0 atom stereocenters. The Labute approximate surface area is 161 Å². The second kappa shape index (κ2) is 8.94. The van der Waals surface area contributed by atoms with Crippen LogP contribution in [0.1, 0.15) is 25.5 Å². The summed E-state index contributed by atoms with van der Waals surface area (Å²) in [5.41, 5.74) is 0. The van der Waals surface area contributed by atoms with E-state index in [0.717, 1.165) is 37.6 Å². The highest BCUT2D eigenvalue weighted by Gasteiger charge is 2.23. The lowest BCUT2D eigenvalue weighted by Crippen LogP contribution is -2.38. The van der Waals surface area contributed by atoms with Crippen LogP contribution in [0.2, 0.25) is 0 Å². The normalized spacial score (nSPS) is 15.0. The predicted molar refractivity (Wildman–Crippen MR) is 102 cm³/mol. The fourth-order valence-corrected chi connectivity index (χ4v) is 3.62. The number of aromatic nitrogens is 3. The van der Waals surface area contributed by atoms with Gasteiger partial charge in [0.1, 0.15) is 5.76 Å². The summed E-state index contributed by atoms with van der Waals surface area (Å²) in [7, 11) is 1.46. The van der Waals surface area contributed by atoms with Gasteiger partial charge in [0.2, 0.25) is 11.9 Å². The zero-order valence-corrected chi connectivity index (χ0v) is 16.3. The Morgan fingerprint density at radius 1 is 1.33 bits per heavy atom. The van der Waals surface area contributed by atoms with Crippen molar-refractivity contribution in [3.8, 4) is 0 Å². The fourth-order valence-electron chi connectivity index (χ4n) is 2.88. The molecule has 0 spiro atoms. The molecule has 0 bridgehead atoms. The van der Waals surface area contributed by atoms with E-state index in [1.165, 1.54) is 18.8 Å². The summed E-state index contributed by atoms with van der Waals surface area (Å²) in [6, 6.07) is 3.21. The lowest BCUT2D eigenvalue weighted by atomic mass is 10.00. The van der Waals surface area contributed by atoms with Crippen molar-refractivity contribution >= 4 is 29.6 Å². The number of rotatable bonds is 6. The number of nitrogens with one attached hydrogen (secondary N) is 2. The standard InChI is InChI=1S/C17H24N6O3S/c1-12-5-7-22(8-6-12)16-20-21-17(23(16)10-13-4-3-9-26-13)27-11-14(24)19-15(25)18-2/h3-4,9,12H,5-8,10-11H2,1-2H3,(H2,18,19,24,25). The van der Waals surface area contributed by atoms with Crippen molar-refractivity contribution in [2.45, 2.75) is 31.5 Å². The lowest BCUT2D eigenvalue weighted by Gasteiger charge is -2.31. The van der Waals surface area contributed by atoms with Gasteiger partial charge in [0.25, 0.3) is 0 Å². The van der Waals surface area contributed by atoms with E-state index in [2.05, 4.69) is 32.7 Å². The van der Waals surface area contributed by atoms with E-state index in [1.807, 2.05) is 16.7 Å². The second-order valence-corrected chi connectivity index (χ2v) is 7.48. The third-order valence-electron chi connectivity index (χ3n) is 4.47. The summed E-state index contributed by atoms with van der Waals surface area (Å²) in [6.07, 6.45) is 3.86. The molecule has 10 heteroatoms. The summed E-state index contributed by atoms with van der Waals surface area (Å²) in [5.74, 6) is 1.97. The van der Waals surface area contributed by atoms with Gasteiger partial charge < -0.3 is 14.6 Å². The summed E-state index contributed by atoms with van der Waals surface area (Å²) in [4.78, 5) is 25.4. The number of hydrogen-bond donors (Lipinski definition) is 2. The van der Waals surface area contributed by atoms with Crippen LogP contribution in [0.15, 0.2) is 28.0 Å². The van der Waals surface area contributed by atoms with E-state index >= 15 is 0 Å². The first-order valence-corrected chi connectivity index (χ1v) is 9.90. The van der Waals surface area contributed by atoms with Crippen molar-refractivity contribution < 1.29 is 14.0 Å². The average molecular weight is 392 g/mol. The number of nitrogens with zero attached hydrogens (tertiary/aromatic N) is 4. The van der Waals surface area contributed by atoms with Gasteiger partial charge in [-0.25, -0.2) is 4.79 Å². The van der Waals surface area contributed by atoms with Crippen molar-refractivity contribution in [1.82, 2.24) is 25.4 Å². The van der Waals surface area contributed by atoms with Crippen molar-refractivity contribution in [2.75, 3.05) is 30.8 Å². The molecule has 0 aliphatic carbocycles. The minimum atomic E-state index is -0.527. The van der Waals surface area contributed by atoms with Crippen LogP contribution in [0.3, 0.4) is 0 Å². The van der Waals surface area contributed by atoms with E-state index in [1.54, 1.807) is 6.26 Å². The Morgan fingerprint density at radius 3 is 2.78 bits per heavy atom. The molecule has 0 radical (unpaired) electrons. The zero-order chi connectivity index (χ0) is 19.2. The Kier molecular flexibility index (Phi) is 6.38. The Balaban J connectivity index is 1.74. The lowest BCUT2D eigenvalue weighted by molar-refractivity contribution is -0.117. The van der Waals surface area contributed by atoms with E-state index in [9.17, 15) is 9.59 Å². The van der Waals surface area contributed by atoms with E-state index in [4.69, 9.17) is 4.42 Å². The van der Waals surface area contributed by atoms with Crippen LogP contribution in [0.4, 0.5) is 10.7 Å². The molecule has 2 aromatic rings. The number of imide groups is 1. The summed E-state index contributed by atoms with van der Waals surface area (Å²) in [5, 5.41) is 13.9. The molecule has 2 N–H and O–H groups in total. The molecule has 0 unspecified atom stereocenters. The quantitative estimate of drug-likeness (QED) is 0.721. The van der Waals surface area contributed by atoms with Crippen LogP contribution >= 0.6 is 11.8 Å². The highest BCUT2D eigenvalue weighted by atomic mass is 32.2. The fraction of sp³-hybridized carbons (Fsp3) is 0.529. The molecule has 3 rings (SSSR count). The van der Waals surface area contributed by atoms with Gasteiger partial charge in [-0.05, 0) is 30.9 Å². The summed E-state index contributed by atoms with van der Waals surface area (Å²) >= 11 is 1.24. The van der Waals surface area contributed by atoms with Gasteiger partial charge in [0, 0.05) is 20.1 Å². The number of hydrogen-bond acceptors (Lipinski definition) is 7. The smallest absolute Gasteiger partial charge is 0.321 e. The first kappa shape index (κ1) is 19.3. The predicted octanol–water partition coefficient (Wildman–Crippen LogP) is 1.70. The van der Waals surface area contributed by atoms with Gasteiger partial charge in [0.05, 0.1) is 18.6 Å². The van der Waals surface area contributed by atoms with E-state index in [0.29, 0.717) is 17.6 Å². The molecular formula is C17H24N6O3S. The molecule has 0 aromatic carbocycles. The maximum atomic E-state index is 11.9. The number of urea groups is 1. The minimum absolute atomic E-state index is 0.0702. The maximum absolute atomic E-state index is 11.9. The first-order chi connectivity index (χ1) is 13.1. The van der Waals surface area contributed by atoms with Crippen LogP contribution < -0.4 is 15.5 Å². The van der Waals surface area contributed by atoms with Gasteiger partial charge in [-0.15, -0.1) is 10.2 Å². The number of furan rings is 1. The third kappa shape index (κ3) is 5.03. The zero-order valence-electron chi connectivity index (χ0n) is 15.5. The van der Waals surface area contributed by atoms with Crippen LogP contribution in [0.25, 0.3) is 0 Å². The number of carbonyl (C=O) groups excluding carboxylic acids is 2. The van der Waals surface area contributed by atoms with Crippen molar-refractivity contribution in [2.24, 2.45) is 5.92 Å². The van der Waals surface area contributed by atoms with Gasteiger partial charge >= 0.3 is 6.03 Å². The average Bonchev–Trinajstić information content (AvgIpc) is 3.31. The Hall–Kier alpha value is -2.49. The van der Waals surface area contributed by atoms with Crippen LogP contribution in [0.5, 0.6) is 0 Å². The molecule has 1 fully saturated rings. The number of amides is 3. The van der Waals surface area contributed by atoms with E-state index in [-0.39, 0.29) is 11.7 Å². The molecular weight excluding hydrogens is 368 g/mol. The molecule has 27 heavy (non-hydrogen) atoms. The van der Waals surface area contributed by atoms with Gasteiger partial charge in [-0.2, -0.15) is 0 Å². The van der Waals surface area contributed by atoms with Crippen LogP contribution in [0, 0.1) is 5.92 Å². The van der Waals surface area contributed by atoms with Crippen LogP contribution in [-0.2, 0) is 11.3 Å². The van der Waals surface area contributed by atoms with Crippen molar-refractivity contribution in [3.05, 3.63) is 24.2 Å². The topological polar surface area (TPSA) is 105 Å². The molecule has 1 aliphatic rings. The number of carbonyl (C=O) groups is 2. The van der Waals surface area contributed by atoms with Crippen LogP contribution in [-0.4, -0.2) is 52.6 Å². The number of anilines is 1. The molecule has 9 nitrogen and oxygen atoms in total.